The maximum atomic E-state index is 14.1. The van der Waals surface area contributed by atoms with Gasteiger partial charge in [0, 0.05) is 18.1 Å². The molecule has 226 valence electrons. The maximum absolute atomic E-state index is 14.1. The maximum Gasteiger partial charge on any atom is 0.264 e. The van der Waals surface area contributed by atoms with Crippen LogP contribution >= 0.6 is 11.6 Å². The predicted molar refractivity (Wildman–Crippen MR) is 165 cm³/mol. The van der Waals surface area contributed by atoms with Crippen LogP contribution in [0, 0.1) is 0 Å². The second-order valence-electron chi connectivity index (χ2n) is 9.56. The first kappa shape index (κ1) is 32.8. The minimum Gasteiger partial charge on any atom is -0.497 e. The average Bonchev–Trinajstić information content (AvgIpc) is 2.99. The number of sulfonamides is 1. The van der Waals surface area contributed by atoms with Gasteiger partial charge in [-0.1, -0.05) is 49.2 Å². The Morgan fingerprint density at radius 1 is 1.00 bits per heavy atom. The number of carbonyl (C=O) groups is 2. The molecule has 9 nitrogen and oxygen atoms in total. The van der Waals surface area contributed by atoms with E-state index in [4.69, 9.17) is 21.1 Å². The topological polar surface area (TPSA) is 105 Å². The van der Waals surface area contributed by atoms with E-state index in [9.17, 15) is 18.0 Å². The monoisotopic (exact) mass is 615 g/mol. The van der Waals surface area contributed by atoms with E-state index in [0.29, 0.717) is 23.1 Å². The first-order chi connectivity index (χ1) is 20.1. The summed E-state index contributed by atoms with van der Waals surface area (Å²) in [6.07, 6.45) is 1.70. The van der Waals surface area contributed by atoms with Crippen LogP contribution in [-0.4, -0.2) is 58.0 Å². The molecule has 2 amide bonds. The highest BCUT2D eigenvalue weighted by Crippen LogP contribution is 2.33. The van der Waals surface area contributed by atoms with Crippen molar-refractivity contribution in [3.63, 3.8) is 0 Å². The average molecular weight is 616 g/mol. The molecule has 0 unspecified atom stereocenters. The van der Waals surface area contributed by atoms with Crippen LogP contribution in [-0.2, 0) is 26.2 Å². The number of para-hydroxylation sites is 2. The summed E-state index contributed by atoms with van der Waals surface area (Å²) < 4.78 is 40.2. The van der Waals surface area contributed by atoms with Crippen molar-refractivity contribution in [1.82, 2.24) is 10.2 Å². The summed E-state index contributed by atoms with van der Waals surface area (Å²) >= 11 is 6.02. The number of amides is 2. The fourth-order valence-corrected chi connectivity index (χ4v) is 5.82. The predicted octanol–water partition coefficient (Wildman–Crippen LogP) is 5.28. The lowest BCUT2D eigenvalue weighted by Gasteiger charge is -2.32. The Morgan fingerprint density at radius 2 is 1.71 bits per heavy atom. The third kappa shape index (κ3) is 8.39. The third-order valence-electron chi connectivity index (χ3n) is 6.60. The van der Waals surface area contributed by atoms with E-state index in [1.54, 1.807) is 63.4 Å². The highest BCUT2D eigenvalue weighted by atomic mass is 35.5. The number of halogens is 1. The van der Waals surface area contributed by atoms with Crippen molar-refractivity contribution < 1.29 is 27.5 Å². The number of carbonyl (C=O) groups excluding carboxylic acids is 2. The van der Waals surface area contributed by atoms with Crippen molar-refractivity contribution in [3.8, 4) is 11.5 Å². The number of ether oxygens (including phenoxy) is 2. The molecule has 0 aliphatic heterocycles. The molecule has 1 N–H and O–H groups in total. The van der Waals surface area contributed by atoms with E-state index in [1.165, 1.54) is 29.2 Å². The number of nitrogens with one attached hydrogen (secondary N) is 1. The number of anilines is 1. The van der Waals surface area contributed by atoms with Gasteiger partial charge in [-0.3, -0.25) is 13.9 Å². The second kappa shape index (κ2) is 15.5. The van der Waals surface area contributed by atoms with Gasteiger partial charge in [-0.2, -0.15) is 0 Å². The molecular weight excluding hydrogens is 578 g/mol. The van der Waals surface area contributed by atoms with E-state index >= 15 is 0 Å². The summed E-state index contributed by atoms with van der Waals surface area (Å²) in [5.41, 5.74) is 0.918. The van der Waals surface area contributed by atoms with Crippen LogP contribution < -0.4 is 19.1 Å². The summed E-state index contributed by atoms with van der Waals surface area (Å²) in [7, 11) is -2.72. The van der Waals surface area contributed by atoms with Gasteiger partial charge in [0.15, 0.2) is 0 Å². The summed E-state index contributed by atoms with van der Waals surface area (Å²) in [4.78, 5) is 28.6. The lowest BCUT2D eigenvalue weighted by atomic mass is 10.1. The Labute approximate surface area is 253 Å². The zero-order valence-electron chi connectivity index (χ0n) is 24.4. The van der Waals surface area contributed by atoms with Crippen LogP contribution in [0.15, 0.2) is 77.7 Å². The molecule has 0 bridgehead atoms. The Hall–Kier alpha value is -3.76. The third-order valence-corrected chi connectivity index (χ3v) is 8.62. The van der Waals surface area contributed by atoms with Crippen LogP contribution in [0.3, 0.4) is 0 Å². The molecule has 42 heavy (non-hydrogen) atoms. The van der Waals surface area contributed by atoms with Crippen molar-refractivity contribution in [2.45, 2.75) is 51.1 Å². The number of hydrogen-bond donors (Lipinski definition) is 1. The van der Waals surface area contributed by atoms with Crippen molar-refractivity contribution in [3.05, 3.63) is 83.4 Å². The highest BCUT2D eigenvalue weighted by molar-refractivity contribution is 7.92. The van der Waals surface area contributed by atoms with E-state index in [1.807, 2.05) is 13.0 Å². The zero-order valence-corrected chi connectivity index (χ0v) is 26.0. The minimum atomic E-state index is -4.26. The van der Waals surface area contributed by atoms with Gasteiger partial charge in [0.05, 0.1) is 24.3 Å². The first-order valence-electron chi connectivity index (χ1n) is 13.8. The Kier molecular flexibility index (Phi) is 12.1. The van der Waals surface area contributed by atoms with Gasteiger partial charge in [0.1, 0.15) is 24.1 Å². The van der Waals surface area contributed by atoms with Crippen LogP contribution in [0.4, 0.5) is 5.69 Å². The molecule has 0 fully saturated rings. The van der Waals surface area contributed by atoms with Gasteiger partial charge in [-0.25, -0.2) is 8.42 Å². The first-order valence-corrected chi connectivity index (χ1v) is 15.6. The molecule has 3 aromatic carbocycles. The molecule has 0 radical (unpaired) electrons. The van der Waals surface area contributed by atoms with Gasteiger partial charge in [0.25, 0.3) is 10.0 Å². The van der Waals surface area contributed by atoms with Gasteiger partial charge >= 0.3 is 0 Å². The highest BCUT2D eigenvalue weighted by Gasteiger charge is 2.33. The summed E-state index contributed by atoms with van der Waals surface area (Å²) in [5.74, 6) is -0.00565. The van der Waals surface area contributed by atoms with Gasteiger partial charge < -0.3 is 19.7 Å². The van der Waals surface area contributed by atoms with Crippen molar-refractivity contribution in [2.24, 2.45) is 0 Å². The lowest BCUT2D eigenvalue weighted by molar-refractivity contribution is -0.139. The summed E-state index contributed by atoms with van der Waals surface area (Å²) in [5, 5.41) is 3.25. The molecule has 3 rings (SSSR count). The van der Waals surface area contributed by atoms with Crippen molar-refractivity contribution in [2.75, 3.05) is 31.1 Å². The molecule has 0 aliphatic carbocycles. The molecular formula is C31H38ClN3O6S. The Bertz CT molecular complexity index is 1450. The molecule has 0 heterocycles. The van der Waals surface area contributed by atoms with E-state index in [2.05, 4.69) is 5.32 Å². The zero-order chi connectivity index (χ0) is 30.7. The Morgan fingerprint density at radius 3 is 2.38 bits per heavy atom. The molecule has 0 aliphatic rings. The standard InChI is InChI=1S/C31H38ClN3O6S/c1-5-7-19-33-31(37)23(3)34(21-24-11-10-12-26(20-24)40-4)30(36)22-35(28-13-8-9-14-29(28)41-6-2)42(38,39)27-17-15-25(32)16-18-27/h8-18,20,23H,5-7,19,21-22H2,1-4H3,(H,33,37)/t23-/m1/s1. The van der Waals surface area contributed by atoms with E-state index < -0.39 is 28.5 Å². The number of unbranched alkanes of at least 4 members (excludes halogenated alkanes) is 1. The minimum absolute atomic E-state index is 0.0456. The van der Waals surface area contributed by atoms with Gasteiger partial charge in [0.2, 0.25) is 11.8 Å². The number of nitrogens with zero attached hydrogens (tertiary/aromatic N) is 2. The fourth-order valence-electron chi connectivity index (χ4n) is 4.27. The van der Waals surface area contributed by atoms with E-state index in [0.717, 1.165) is 22.7 Å². The quantitative estimate of drug-likeness (QED) is 0.233. The number of hydrogen-bond acceptors (Lipinski definition) is 6. The van der Waals surface area contributed by atoms with Crippen molar-refractivity contribution in [1.29, 1.82) is 0 Å². The van der Waals surface area contributed by atoms with Crippen LogP contribution in [0.1, 0.15) is 39.2 Å². The molecule has 0 saturated carbocycles. The lowest BCUT2D eigenvalue weighted by Crippen LogP contribution is -2.51. The molecule has 0 aromatic heterocycles. The molecule has 0 saturated heterocycles. The summed E-state index contributed by atoms with van der Waals surface area (Å²) in [6.45, 7) is 5.67. The second-order valence-corrected chi connectivity index (χ2v) is 11.9. The largest absolute Gasteiger partial charge is 0.497 e. The number of rotatable bonds is 15. The van der Waals surface area contributed by atoms with Gasteiger partial charge in [-0.15, -0.1) is 0 Å². The number of methoxy groups -OCH3 is 1. The molecule has 3 aromatic rings. The SMILES string of the molecule is CCCCNC(=O)[C@@H](C)N(Cc1cccc(OC)c1)C(=O)CN(c1ccccc1OCC)S(=O)(=O)c1ccc(Cl)cc1. The van der Waals surface area contributed by atoms with Gasteiger partial charge in [-0.05, 0) is 74.4 Å². The Balaban J connectivity index is 2.06. The van der Waals surface area contributed by atoms with Crippen LogP contribution in [0.25, 0.3) is 0 Å². The molecule has 11 heteroatoms. The number of benzene rings is 3. The molecule has 1 atom stereocenters. The van der Waals surface area contributed by atoms with E-state index in [-0.39, 0.29) is 29.6 Å². The van der Waals surface area contributed by atoms with Crippen LogP contribution in [0.2, 0.25) is 5.02 Å². The fraction of sp³-hybridized carbons (Fsp3) is 0.355. The van der Waals surface area contributed by atoms with Crippen molar-refractivity contribution >= 4 is 39.1 Å². The smallest absolute Gasteiger partial charge is 0.264 e. The molecule has 0 spiro atoms. The normalized spacial score (nSPS) is 11.8. The summed E-state index contributed by atoms with van der Waals surface area (Å²) in [6, 6.07) is 18.6. The van der Waals surface area contributed by atoms with Crippen LogP contribution in [0.5, 0.6) is 11.5 Å².